The second-order valence-electron chi connectivity index (χ2n) is 4.69. The van der Waals surface area contributed by atoms with Crippen molar-refractivity contribution in [2.75, 3.05) is 11.9 Å². The van der Waals surface area contributed by atoms with Crippen molar-refractivity contribution in [3.8, 4) is 0 Å². The van der Waals surface area contributed by atoms with Gasteiger partial charge in [-0.15, -0.1) is 0 Å². The number of amides is 1. The van der Waals surface area contributed by atoms with Crippen molar-refractivity contribution in [2.45, 2.75) is 19.8 Å². The van der Waals surface area contributed by atoms with Gasteiger partial charge in [-0.3, -0.25) is 9.78 Å². The van der Waals surface area contributed by atoms with E-state index in [1.807, 2.05) is 0 Å². The van der Waals surface area contributed by atoms with Crippen LogP contribution in [0.5, 0.6) is 0 Å². The van der Waals surface area contributed by atoms with Gasteiger partial charge in [0.2, 0.25) is 5.91 Å². The fourth-order valence-corrected chi connectivity index (χ4v) is 2.42. The number of nitrogens with zero attached hydrogens (tertiary/aromatic N) is 1. The molecular weight excluding hydrogens is 202 g/mol. The molecule has 0 unspecified atom stereocenters. The zero-order chi connectivity index (χ0) is 11.6. The van der Waals surface area contributed by atoms with Crippen LogP contribution >= 0.6 is 0 Å². The molecule has 3 N–H and O–H groups in total. The van der Waals surface area contributed by atoms with Gasteiger partial charge >= 0.3 is 0 Å². The lowest BCUT2D eigenvalue weighted by atomic mass is 9.62. The molecule has 1 amide bonds. The maximum Gasteiger partial charge on any atom is 0.231 e. The lowest BCUT2D eigenvalue weighted by molar-refractivity contribution is -0.132. The van der Waals surface area contributed by atoms with Crippen LogP contribution in [0.25, 0.3) is 0 Å². The molecule has 0 aliphatic heterocycles. The van der Waals surface area contributed by atoms with Gasteiger partial charge in [-0.1, -0.05) is 6.92 Å². The predicted octanol–water partition coefficient (Wildman–Crippen LogP) is 1.40. The number of anilines is 1. The second-order valence-corrected chi connectivity index (χ2v) is 4.69. The number of aromatic nitrogens is 1. The Morgan fingerprint density at radius 3 is 2.69 bits per heavy atom. The molecule has 1 aromatic rings. The van der Waals surface area contributed by atoms with Crippen molar-refractivity contribution < 1.29 is 4.79 Å². The third kappa shape index (κ3) is 1.93. The second kappa shape index (κ2) is 4.22. The molecule has 0 saturated heterocycles. The zero-order valence-corrected chi connectivity index (χ0v) is 9.44. The van der Waals surface area contributed by atoms with Gasteiger partial charge in [0.15, 0.2) is 0 Å². The molecule has 1 heterocycles. The van der Waals surface area contributed by atoms with E-state index in [0.29, 0.717) is 12.5 Å². The Balaban J connectivity index is 2.03. The minimum Gasteiger partial charge on any atom is -0.329 e. The molecule has 0 atom stereocenters. The van der Waals surface area contributed by atoms with Gasteiger partial charge in [-0.05, 0) is 30.9 Å². The van der Waals surface area contributed by atoms with Crippen molar-refractivity contribution in [3.63, 3.8) is 0 Å². The minimum absolute atomic E-state index is 0.0410. The first kappa shape index (κ1) is 11.1. The lowest BCUT2D eigenvalue weighted by Gasteiger charge is -2.44. The Hall–Kier alpha value is -1.42. The summed E-state index contributed by atoms with van der Waals surface area (Å²) in [6, 6.07) is 3.56. The van der Waals surface area contributed by atoms with E-state index in [4.69, 9.17) is 5.73 Å². The number of hydrogen-bond acceptors (Lipinski definition) is 3. The van der Waals surface area contributed by atoms with Gasteiger partial charge in [0.05, 0.1) is 5.41 Å². The van der Waals surface area contributed by atoms with Crippen LogP contribution in [0.2, 0.25) is 0 Å². The Morgan fingerprint density at radius 1 is 1.56 bits per heavy atom. The number of carbonyl (C=O) groups is 1. The van der Waals surface area contributed by atoms with E-state index in [2.05, 4.69) is 17.2 Å². The molecule has 0 radical (unpaired) electrons. The van der Waals surface area contributed by atoms with Gasteiger partial charge < -0.3 is 11.1 Å². The molecule has 0 aromatic carbocycles. The highest BCUT2D eigenvalue weighted by Gasteiger charge is 2.47. The highest BCUT2D eigenvalue weighted by atomic mass is 16.2. The number of carbonyl (C=O) groups excluding carboxylic acids is 1. The average Bonchev–Trinajstić information content (AvgIpc) is 2.25. The molecule has 4 heteroatoms. The van der Waals surface area contributed by atoms with E-state index < -0.39 is 0 Å². The fourth-order valence-electron chi connectivity index (χ4n) is 2.42. The van der Waals surface area contributed by atoms with E-state index in [9.17, 15) is 4.79 Å². The first-order chi connectivity index (χ1) is 7.66. The summed E-state index contributed by atoms with van der Waals surface area (Å²) in [7, 11) is 0. The van der Waals surface area contributed by atoms with Crippen molar-refractivity contribution in [3.05, 3.63) is 24.5 Å². The highest BCUT2D eigenvalue weighted by Crippen LogP contribution is 2.45. The van der Waals surface area contributed by atoms with Crippen LogP contribution < -0.4 is 11.1 Å². The molecular formula is C12H17N3O. The van der Waals surface area contributed by atoms with Crippen LogP contribution in [0.15, 0.2) is 24.5 Å². The number of hydrogen-bond donors (Lipinski definition) is 2. The Morgan fingerprint density at radius 2 is 2.19 bits per heavy atom. The van der Waals surface area contributed by atoms with E-state index in [0.717, 1.165) is 18.5 Å². The van der Waals surface area contributed by atoms with Gasteiger partial charge in [-0.2, -0.15) is 0 Å². The first-order valence-corrected chi connectivity index (χ1v) is 5.58. The number of nitrogens with one attached hydrogen (secondary N) is 1. The van der Waals surface area contributed by atoms with Crippen molar-refractivity contribution in [1.29, 1.82) is 0 Å². The quantitative estimate of drug-likeness (QED) is 0.807. The van der Waals surface area contributed by atoms with Gasteiger partial charge in [-0.25, -0.2) is 0 Å². The standard InChI is InChI=1S/C12H17N3O/c1-9-6-12(7-9,8-13)11(16)15-10-2-4-14-5-3-10/h2-5,9H,6-8,13H2,1H3,(H,14,15,16). The number of rotatable bonds is 3. The zero-order valence-electron chi connectivity index (χ0n) is 9.44. The fraction of sp³-hybridized carbons (Fsp3) is 0.500. The molecule has 86 valence electrons. The molecule has 1 saturated carbocycles. The van der Waals surface area contributed by atoms with Crippen LogP contribution in [0.3, 0.4) is 0 Å². The van der Waals surface area contributed by atoms with E-state index in [1.165, 1.54) is 0 Å². The number of pyridine rings is 1. The summed E-state index contributed by atoms with van der Waals surface area (Å²) in [4.78, 5) is 16.0. The molecule has 0 bridgehead atoms. The SMILES string of the molecule is CC1CC(CN)(C(=O)Nc2ccncc2)C1. The molecule has 4 nitrogen and oxygen atoms in total. The largest absolute Gasteiger partial charge is 0.329 e. The summed E-state index contributed by atoms with van der Waals surface area (Å²) in [5.74, 6) is 0.644. The maximum absolute atomic E-state index is 12.1. The van der Waals surface area contributed by atoms with E-state index in [-0.39, 0.29) is 11.3 Å². The highest BCUT2D eigenvalue weighted by molar-refractivity contribution is 5.96. The predicted molar refractivity (Wildman–Crippen MR) is 62.8 cm³/mol. The summed E-state index contributed by atoms with van der Waals surface area (Å²) in [5.41, 5.74) is 6.15. The Bertz CT molecular complexity index is 371. The monoisotopic (exact) mass is 219 g/mol. The maximum atomic E-state index is 12.1. The smallest absolute Gasteiger partial charge is 0.231 e. The minimum atomic E-state index is -0.345. The Labute approximate surface area is 95.3 Å². The average molecular weight is 219 g/mol. The van der Waals surface area contributed by atoms with Crippen molar-refractivity contribution >= 4 is 11.6 Å². The van der Waals surface area contributed by atoms with E-state index in [1.54, 1.807) is 24.5 Å². The van der Waals surface area contributed by atoms with Crippen molar-refractivity contribution in [2.24, 2.45) is 17.1 Å². The van der Waals surface area contributed by atoms with Crippen LogP contribution in [-0.4, -0.2) is 17.4 Å². The van der Waals surface area contributed by atoms with Crippen molar-refractivity contribution in [1.82, 2.24) is 4.98 Å². The van der Waals surface area contributed by atoms with Crippen LogP contribution in [-0.2, 0) is 4.79 Å². The van der Waals surface area contributed by atoms with Gasteiger partial charge in [0.25, 0.3) is 0 Å². The molecule has 16 heavy (non-hydrogen) atoms. The topological polar surface area (TPSA) is 68.0 Å². The molecule has 2 rings (SSSR count). The molecule has 1 fully saturated rings. The van der Waals surface area contributed by atoms with Crippen LogP contribution in [0.1, 0.15) is 19.8 Å². The lowest BCUT2D eigenvalue weighted by Crippen LogP contribution is -2.51. The van der Waals surface area contributed by atoms with Gasteiger partial charge in [0.1, 0.15) is 0 Å². The first-order valence-electron chi connectivity index (χ1n) is 5.58. The number of nitrogens with two attached hydrogens (primary N) is 1. The van der Waals surface area contributed by atoms with Crippen LogP contribution in [0.4, 0.5) is 5.69 Å². The molecule has 1 aliphatic rings. The summed E-state index contributed by atoms with van der Waals surface area (Å²) < 4.78 is 0. The molecule has 1 aromatic heterocycles. The summed E-state index contributed by atoms with van der Waals surface area (Å²) in [5, 5.41) is 2.90. The third-order valence-corrected chi connectivity index (χ3v) is 3.29. The van der Waals surface area contributed by atoms with Gasteiger partial charge in [0, 0.05) is 24.6 Å². The molecule has 1 aliphatic carbocycles. The van der Waals surface area contributed by atoms with Crippen LogP contribution in [0, 0.1) is 11.3 Å². The molecule has 0 spiro atoms. The summed E-state index contributed by atoms with van der Waals surface area (Å²) in [6.07, 6.45) is 5.10. The Kier molecular flexibility index (Phi) is 2.92. The van der Waals surface area contributed by atoms with E-state index >= 15 is 0 Å². The summed E-state index contributed by atoms with van der Waals surface area (Å²) in [6.45, 7) is 2.57. The third-order valence-electron chi connectivity index (χ3n) is 3.29. The summed E-state index contributed by atoms with van der Waals surface area (Å²) >= 11 is 0. The normalized spacial score (nSPS) is 28.2.